The minimum Gasteiger partial charge on any atom is -0.497 e. The molecule has 0 spiro atoms. The average Bonchev–Trinajstić information content (AvgIpc) is 3.00. The van der Waals surface area contributed by atoms with Gasteiger partial charge in [-0.05, 0) is 37.5 Å². The van der Waals surface area contributed by atoms with E-state index in [9.17, 15) is 4.79 Å². The van der Waals surface area contributed by atoms with Crippen molar-refractivity contribution in [3.63, 3.8) is 0 Å². The Kier molecular flexibility index (Phi) is 4.66. The maximum atomic E-state index is 12.1. The van der Waals surface area contributed by atoms with E-state index in [0.717, 1.165) is 42.8 Å². The van der Waals surface area contributed by atoms with Crippen LogP contribution < -0.4 is 9.47 Å². The van der Waals surface area contributed by atoms with Gasteiger partial charge in [-0.3, -0.25) is 4.79 Å². The normalized spacial score (nSPS) is 15.3. The molecule has 20 heavy (non-hydrogen) atoms. The van der Waals surface area contributed by atoms with Crippen LogP contribution in [0.1, 0.15) is 25.3 Å². The third kappa shape index (κ3) is 3.13. The van der Waals surface area contributed by atoms with Gasteiger partial charge in [0, 0.05) is 30.8 Å². The molecular weight excluding hydrogens is 254 g/mol. The van der Waals surface area contributed by atoms with Gasteiger partial charge >= 0.3 is 0 Å². The van der Waals surface area contributed by atoms with Crippen molar-refractivity contribution < 1.29 is 14.3 Å². The molecular formula is C16H21NO3. The molecule has 0 radical (unpaired) electrons. The Balaban J connectivity index is 2.23. The van der Waals surface area contributed by atoms with Gasteiger partial charge in [0.25, 0.3) is 0 Å². The second-order valence-corrected chi connectivity index (χ2v) is 4.93. The van der Waals surface area contributed by atoms with Gasteiger partial charge in [0.2, 0.25) is 5.91 Å². The van der Waals surface area contributed by atoms with Gasteiger partial charge in [-0.1, -0.05) is 0 Å². The highest BCUT2D eigenvalue weighted by atomic mass is 16.5. The summed E-state index contributed by atoms with van der Waals surface area (Å²) in [6.45, 7) is 3.66. The fourth-order valence-electron chi connectivity index (χ4n) is 2.42. The smallest absolute Gasteiger partial charge is 0.246 e. The first kappa shape index (κ1) is 14.4. The van der Waals surface area contributed by atoms with Gasteiger partial charge in [-0.15, -0.1) is 0 Å². The van der Waals surface area contributed by atoms with E-state index in [1.54, 1.807) is 20.3 Å². The third-order valence-electron chi connectivity index (χ3n) is 3.59. The number of benzene rings is 1. The van der Waals surface area contributed by atoms with E-state index in [2.05, 4.69) is 0 Å². The maximum absolute atomic E-state index is 12.1. The van der Waals surface area contributed by atoms with E-state index in [1.165, 1.54) is 0 Å². The van der Waals surface area contributed by atoms with Gasteiger partial charge in [-0.2, -0.15) is 0 Å². The molecule has 4 heteroatoms. The first-order valence-corrected chi connectivity index (χ1v) is 6.85. The molecule has 2 rings (SSSR count). The zero-order valence-corrected chi connectivity index (χ0v) is 12.3. The van der Waals surface area contributed by atoms with E-state index in [1.807, 2.05) is 30.0 Å². The molecule has 1 aliphatic heterocycles. The number of amides is 1. The lowest BCUT2D eigenvalue weighted by Gasteiger charge is -2.14. The lowest BCUT2D eigenvalue weighted by atomic mass is 10.1. The molecule has 0 saturated carbocycles. The number of allylic oxidation sites excluding steroid dienone is 1. The quantitative estimate of drug-likeness (QED) is 0.793. The lowest BCUT2D eigenvalue weighted by Crippen LogP contribution is -2.25. The van der Waals surface area contributed by atoms with Gasteiger partial charge in [0.1, 0.15) is 11.5 Å². The van der Waals surface area contributed by atoms with Crippen LogP contribution in [0.5, 0.6) is 11.5 Å². The van der Waals surface area contributed by atoms with Crippen LogP contribution in [0.25, 0.3) is 5.57 Å². The van der Waals surface area contributed by atoms with Gasteiger partial charge in [0.15, 0.2) is 0 Å². The number of hydrogen-bond donors (Lipinski definition) is 0. The summed E-state index contributed by atoms with van der Waals surface area (Å²) < 4.78 is 10.5. The highest BCUT2D eigenvalue weighted by molar-refractivity contribution is 5.95. The molecule has 0 atom stereocenters. The minimum atomic E-state index is 0.0814. The number of carbonyl (C=O) groups excluding carboxylic acids is 1. The van der Waals surface area contributed by atoms with Crippen molar-refractivity contribution in [2.75, 3.05) is 27.3 Å². The minimum absolute atomic E-state index is 0.0814. The van der Waals surface area contributed by atoms with Crippen molar-refractivity contribution in [2.24, 2.45) is 0 Å². The largest absolute Gasteiger partial charge is 0.497 e. The van der Waals surface area contributed by atoms with Crippen LogP contribution in [0.3, 0.4) is 0 Å². The molecule has 1 amide bonds. The molecule has 1 heterocycles. The van der Waals surface area contributed by atoms with E-state index >= 15 is 0 Å². The Bertz CT molecular complexity index is 516. The Hall–Kier alpha value is -1.97. The standard InChI is InChI=1S/C16H21NO3/c1-12(10-16(18)17-8-4-5-9-17)14-7-6-13(19-2)11-15(14)20-3/h6-7,10-11H,4-5,8-9H2,1-3H3/b12-10+. The number of methoxy groups -OCH3 is 2. The number of likely N-dealkylation sites (tertiary alicyclic amines) is 1. The first-order chi connectivity index (χ1) is 9.65. The van der Waals surface area contributed by atoms with Crippen molar-refractivity contribution >= 4 is 11.5 Å². The summed E-state index contributed by atoms with van der Waals surface area (Å²) in [6.07, 6.45) is 3.89. The van der Waals surface area contributed by atoms with E-state index < -0.39 is 0 Å². The zero-order chi connectivity index (χ0) is 14.5. The second-order valence-electron chi connectivity index (χ2n) is 4.93. The molecule has 0 bridgehead atoms. The Labute approximate surface area is 120 Å². The second kappa shape index (κ2) is 6.46. The number of rotatable bonds is 4. The summed E-state index contributed by atoms with van der Waals surface area (Å²) in [5, 5.41) is 0. The lowest BCUT2D eigenvalue weighted by molar-refractivity contribution is -0.124. The van der Waals surface area contributed by atoms with Crippen LogP contribution >= 0.6 is 0 Å². The van der Waals surface area contributed by atoms with Crippen molar-refractivity contribution in [1.82, 2.24) is 4.90 Å². The molecule has 1 fully saturated rings. The van der Waals surface area contributed by atoms with Crippen molar-refractivity contribution in [3.05, 3.63) is 29.8 Å². The van der Waals surface area contributed by atoms with Crippen LogP contribution in [0, 0.1) is 0 Å². The molecule has 0 unspecified atom stereocenters. The van der Waals surface area contributed by atoms with Crippen LogP contribution in [0.15, 0.2) is 24.3 Å². The van der Waals surface area contributed by atoms with Crippen LogP contribution in [0.4, 0.5) is 0 Å². The predicted octanol–water partition coefficient (Wildman–Crippen LogP) is 2.73. The first-order valence-electron chi connectivity index (χ1n) is 6.85. The molecule has 1 aliphatic rings. The van der Waals surface area contributed by atoms with E-state index in [0.29, 0.717) is 5.75 Å². The summed E-state index contributed by atoms with van der Waals surface area (Å²) in [6, 6.07) is 5.61. The van der Waals surface area contributed by atoms with E-state index in [4.69, 9.17) is 9.47 Å². The Morgan fingerprint density at radius 1 is 1.20 bits per heavy atom. The monoisotopic (exact) mass is 275 g/mol. The summed E-state index contributed by atoms with van der Waals surface area (Å²) in [5.74, 6) is 1.54. The summed E-state index contributed by atoms with van der Waals surface area (Å²) in [7, 11) is 3.24. The van der Waals surface area contributed by atoms with Crippen LogP contribution in [-0.4, -0.2) is 38.1 Å². The molecule has 1 aromatic carbocycles. The maximum Gasteiger partial charge on any atom is 0.246 e. The average molecular weight is 275 g/mol. The molecule has 0 aromatic heterocycles. The highest BCUT2D eigenvalue weighted by Crippen LogP contribution is 2.30. The zero-order valence-electron chi connectivity index (χ0n) is 12.3. The predicted molar refractivity (Wildman–Crippen MR) is 79.0 cm³/mol. The molecule has 1 saturated heterocycles. The van der Waals surface area contributed by atoms with Gasteiger partial charge < -0.3 is 14.4 Å². The number of carbonyl (C=O) groups is 1. The van der Waals surface area contributed by atoms with Gasteiger partial charge in [-0.25, -0.2) is 0 Å². The fourth-order valence-corrected chi connectivity index (χ4v) is 2.42. The summed E-state index contributed by atoms with van der Waals surface area (Å²) in [5.41, 5.74) is 1.82. The van der Waals surface area contributed by atoms with Gasteiger partial charge in [0.05, 0.1) is 14.2 Å². The Morgan fingerprint density at radius 2 is 1.90 bits per heavy atom. The van der Waals surface area contributed by atoms with Crippen LogP contribution in [-0.2, 0) is 4.79 Å². The number of ether oxygens (including phenoxy) is 2. The molecule has 1 aromatic rings. The Morgan fingerprint density at radius 3 is 2.50 bits per heavy atom. The summed E-state index contributed by atoms with van der Waals surface area (Å²) in [4.78, 5) is 14.0. The van der Waals surface area contributed by atoms with Crippen molar-refractivity contribution in [2.45, 2.75) is 19.8 Å². The molecule has 108 valence electrons. The topological polar surface area (TPSA) is 38.8 Å². The van der Waals surface area contributed by atoms with Crippen LogP contribution in [0.2, 0.25) is 0 Å². The molecule has 0 aliphatic carbocycles. The third-order valence-corrected chi connectivity index (χ3v) is 3.59. The highest BCUT2D eigenvalue weighted by Gasteiger charge is 2.17. The fraction of sp³-hybridized carbons (Fsp3) is 0.438. The molecule has 0 N–H and O–H groups in total. The van der Waals surface area contributed by atoms with E-state index in [-0.39, 0.29) is 5.91 Å². The molecule has 4 nitrogen and oxygen atoms in total. The summed E-state index contributed by atoms with van der Waals surface area (Å²) >= 11 is 0. The van der Waals surface area contributed by atoms with Crippen molar-refractivity contribution in [3.8, 4) is 11.5 Å². The van der Waals surface area contributed by atoms with Crippen molar-refractivity contribution in [1.29, 1.82) is 0 Å². The SMILES string of the molecule is COc1ccc(/C(C)=C/C(=O)N2CCCC2)c(OC)c1. The number of nitrogens with zero attached hydrogens (tertiary/aromatic N) is 1. The number of hydrogen-bond acceptors (Lipinski definition) is 3.